The van der Waals surface area contributed by atoms with E-state index in [2.05, 4.69) is 15.3 Å². The molecule has 19 heavy (non-hydrogen) atoms. The van der Waals surface area contributed by atoms with Crippen molar-refractivity contribution in [2.75, 3.05) is 0 Å². The molecule has 0 fully saturated rings. The average molecular weight is 249 g/mol. The SMILES string of the molecule is c1ccc2c(c1)nnn2Cc1cn2ccccc2n1. The van der Waals surface area contributed by atoms with Crippen molar-refractivity contribution in [1.82, 2.24) is 24.4 Å². The Labute approximate surface area is 109 Å². The van der Waals surface area contributed by atoms with Gasteiger partial charge in [0.2, 0.25) is 0 Å². The van der Waals surface area contributed by atoms with Crippen LogP contribution in [0, 0.1) is 0 Å². The summed E-state index contributed by atoms with van der Waals surface area (Å²) in [6.45, 7) is 0.627. The van der Waals surface area contributed by atoms with Gasteiger partial charge in [0.05, 0.1) is 17.8 Å². The van der Waals surface area contributed by atoms with Crippen LogP contribution >= 0.6 is 0 Å². The minimum absolute atomic E-state index is 0.627. The summed E-state index contributed by atoms with van der Waals surface area (Å²) in [7, 11) is 0. The molecule has 0 N–H and O–H groups in total. The zero-order valence-corrected chi connectivity index (χ0v) is 10.1. The van der Waals surface area contributed by atoms with Gasteiger partial charge >= 0.3 is 0 Å². The Kier molecular flexibility index (Phi) is 2.11. The van der Waals surface area contributed by atoms with E-state index in [1.165, 1.54) is 0 Å². The van der Waals surface area contributed by atoms with E-state index in [1.54, 1.807) is 0 Å². The van der Waals surface area contributed by atoms with E-state index in [9.17, 15) is 0 Å². The fourth-order valence-electron chi connectivity index (χ4n) is 2.25. The van der Waals surface area contributed by atoms with Crippen molar-refractivity contribution in [3.63, 3.8) is 0 Å². The molecule has 92 valence electrons. The summed E-state index contributed by atoms with van der Waals surface area (Å²) >= 11 is 0. The standard InChI is InChI=1S/C14H11N5/c1-2-6-13-12(5-1)16-17-19(13)10-11-9-18-8-4-3-7-14(18)15-11/h1-9H,10H2. The van der Waals surface area contributed by atoms with Gasteiger partial charge in [-0.05, 0) is 24.3 Å². The topological polar surface area (TPSA) is 48.0 Å². The molecule has 4 aromatic rings. The van der Waals surface area contributed by atoms with Gasteiger partial charge in [0.1, 0.15) is 11.2 Å². The maximum absolute atomic E-state index is 4.57. The summed E-state index contributed by atoms with van der Waals surface area (Å²) in [6, 6.07) is 13.9. The molecule has 0 spiro atoms. The van der Waals surface area contributed by atoms with E-state index in [0.29, 0.717) is 6.54 Å². The number of imidazole rings is 1. The largest absolute Gasteiger partial charge is 0.307 e. The quantitative estimate of drug-likeness (QED) is 0.546. The van der Waals surface area contributed by atoms with Crippen LogP contribution in [0.4, 0.5) is 0 Å². The molecule has 5 heteroatoms. The first-order valence-electron chi connectivity index (χ1n) is 6.11. The first-order chi connectivity index (χ1) is 9.40. The van der Waals surface area contributed by atoms with Crippen LogP contribution in [0.15, 0.2) is 54.9 Å². The molecule has 0 bridgehead atoms. The van der Waals surface area contributed by atoms with Gasteiger partial charge in [-0.2, -0.15) is 0 Å². The Morgan fingerprint density at radius 3 is 2.84 bits per heavy atom. The lowest BCUT2D eigenvalue weighted by Gasteiger charge is -1.97. The normalized spacial score (nSPS) is 11.4. The summed E-state index contributed by atoms with van der Waals surface area (Å²) in [5.74, 6) is 0. The molecule has 0 amide bonds. The molecule has 5 nitrogen and oxygen atoms in total. The molecule has 0 saturated heterocycles. The lowest BCUT2D eigenvalue weighted by atomic mass is 10.3. The highest BCUT2D eigenvalue weighted by molar-refractivity contribution is 5.73. The second-order valence-corrected chi connectivity index (χ2v) is 4.43. The Balaban J connectivity index is 1.78. The molecule has 0 aliphatic carbocycles. The van der Waals surface area contributed by atoms with Gasteiger partial charge < -0.3 is 4.40 Å². The molecule has 0 atom stereocenters. The van der Waals surface area contributed by atoms with Crippen LogP contribution in [-0.4, -0.2) is 24.4 Å². The summed E-state index contributed by atoms with van der Waals surface area (Å²) in [5.41, 5.74) is 3.86. The molecular formula is C14H11N5. The van der Waals surface area contributed by atoms with Crippen molar-refractivity contribution >= 4 is 16.7 Å². The monoisotopic (exact) mass is 249 g/mol. The van der Waals surface area contributed by atoms with Crippen molar-refractivity contribution in [2.45, 2.75) is 6.54 Å². The van der Waals surface area contributed by atoms with Gasteiger partial charge in [0.25, 0.3) is 0 Å². The van der Waals surface area contributed by atoms with Crippen LogP contribution in [0.25, 0.3) is 16.7 Å². The predicted octanol–water partition coefficient (Wildman–Crippen LogP) is 2.13. The van der Waals surface area contributed by atoms with Crippen molar-refractivity contribution < 1.29 is 0 Å². The highest BCUT2D eigenvalue weighted by Gasteiger charge is 2.06. The molecule has 3 heterocycles. The van der Waals surface area contributed by atoms with Crippen LogP contribution in [0.1, 0.15) is 5.69 Å². The maximum atomic E-state index is 4.57. The molecule has 0 radical (unpaired) electrons. The molecule has 0 unspecified atom stereocenters. The van der Waals surface area contributed by atoms with Crippen molar-refractivity contribution in [3.05, 3.63) is 60.6 Å². The number of hydrogen-bond acceptors (Lipinski definition) is 3. The van der Waals surface area contributed by atoms with Crippen molar-refractivity contribution in [2.24, 2.45) is 0 Å². The van der Waals surface area contributed by atoms with E-state index in [4.69, 9.17) is 0 Å². The third-order valence-electron chi connectivity index (χ3n) is 3.15. The van der Waals surface area contributed by atoms with Crippen LogP contribution in [0.3, 0.4) is 0 Å². The van der Waals surface area contributed by atoms with Crippen LogP contribution in [0.2, 0.25) is 0 Å². The van der Waals surface area contributed by atoms with Crippen molar-refractivity contribution in [1.29, 1.82) is 0 Å². The Morgan fingerprint density at radius 1 is 1.00 bits per heavy atom. The van der Waals surface area contributed by atoms with Crippen LogP contribution in [-0.2, 0) is 6.54 Å². The van der Waals surface area contributed by atoms with Gasteiger partial charge in [-0.15, -0.1) is 5.10 Å². The highest BCUT2D eigenvalue weighted by atomic mass is 15.4. The fourth-order valence-corrected chi connectivity index (χ4v) is 2.25. The summed E-state index contributed by atoms with van der Waals surface area (Å²) in [5, 5.41) is 8.33. The predicted molar refractivity (Wildman–Crippen MR) is 71.8 cm³/mol. The Bertz CT molecular complexity index is 825. The fraction of sp³-hybridized carbons (Fsp3) is 0.0714. The van der Waals surface area contributed by atoms with Crippen LogP contribution in [0.5, 0.6) is 0 Å². The number of nitrogens with zero attached hydrogens (tertiary/aromatic N) is 5. The lowest BCUT2D eigenvalue weighted by Crippen LogP contribution is -2.01. The summed E-state index contributed by atoms with van der Waals surface area (Å²) in [6.07, 6.45) is 4.01. The van der Waals surface area contributed by atoms with Gasteiger partial charge in [0.15, 0.2) is 0 Å². The summed E-state index contributed by atoms with van der Waals surface area (Å²) in [4.78, 5) is 4.57. The third kappa shape index (κ3) is 1.67. The van der Waals surface area contributed by atoms with Crippen molar-refractivity contribution in [3.8, 4) is 0 Å². The lowest BCUT2D eigenvalue weighted by molar-refractivity contribution is 0.660. The van der Waals surface area contributed by atoms with Gasteiger partial charge in [-0.3, -0.25) is 0 Å². The zero-order chi connectivity index (χ0) is 12.7. The number of hydrogen-bond donors (Lipinski definition) is 0. The number of benzene rings is 1. The van der Waals surface area contributed by atoms with Crippen LogP contribution < -0.4 is 0 Å². The van der Waals surface area contributed by atoms with E-state index in [-0.39, 0.29) is 0 Å². The molecule has 3 aromatic heterocycles. The minimum Gasteiger partial charge on any atom is -0.307 e. The summed E-state index contributed by atoms with van der Waals surface area (Å²) < 4.78 is 3.88. The first kappa shape index (κ1) is 10.3. The molecule has 0 aliphatic heterocycles. The van der Waals surface area contributed by atoms with E-state index in [0.717, 1.165) is 22.4 Å². The number of rotatable bonds is 2. The molecule has 1 aromatic carbocycles. The smallest absolute Gasteiger partial charge is 0.137 e. The van der Waals surface area contributed by atoms with E-state index < -0.39 is 0 Å². The molecule has 4 rings (SSSR count). The maximum Gasteiger partial charge on any atom is 0.137 e. The minimum atomic E-state index is 0.627. The van der Waals surface area contributed by atoms with E-state index in [1.807, 2.05) is 63.9 Å². The molecular weight excluding hydrogens is 238 g/mol. The second kappa shape index (κ2) is 3.91. The molecule has 0 aliphatic rings. The Morgan fingerprint density at radius 2 is 1.89 bits per heavy atom. The van der Waals surface area contributed by atoms with Gasteiger partial charge in [0, 0.05) is 12.4 Å². The molecule has 0 saturated carbocycles. The van der Waals surface area contributed by atoms with E-state index >= 15 is 0 Å². The zero-order valence-electron chi connectivity index (χ0n) is 10.1. The first-order valence-corrected chi connectivity index (χ1v) is 6.11. The average Bonchev–Trinajstić information content (AvgIpc) is 3.03. The van der Waals surface area contributed by atoms with Gasteiger partial charge in [-0.25, -0.2) is 9.67 Å². The number of aromatic nitrogens is 5. The Hall–Kier alpha value is -2.69. The number of pyridine rings is 1. The highest BCUT2D eigenvalue weighted by Crippen LogP contribution is 2.12. The second-order valence-electron chi connectivity index (χ2n) is 4.43. The van der Waals surface area contributed by atoms with Gasteiger partial charge in [-0.1, -0.05) is 23.4 Å². The number of fused-ring (bicyclic) bond motifs is 2. The number of para-hydroxylation sites is 1. The third-order valence-corrected chi connectivity index (χ3v) is 3.15.